The summed E-state index contributed by atoms with van der Waals surface area (Å²) < 4.78 is 28.6. The lowest BCUT2D eigenvalue weighted by Crippen LogP contribution is -2.10. The molecule has 0 heterocycles. The van der Waals surface area contributed by atoms with Crippen molar-refractivity contribution in [2.45, 2.75) is 19.6 Å². The summed E-state index contributed by atoms with van der Waals surface area (Å²) in [4.78, 5) is 0. The molecule has 0 unspecified atom stereocenters. The van der Waals surface area contributed by atoms with Gasteiger partial charge in [0.15, 0.2) is 0 Å². The number of ether oxygens (including phenoxy) is 1. The van der Waals surface area contributed by atoms with E-state index in [0.29, 0.717) is 6.54 Å². The summed E-state index contributed by atoms with van der Waals surface area (Å²) in [6, 6.07) is 7.64. The quantitative estimate of drug-likeness (QED) is 0.785. The molecule has 0 aromatic heterocycles. The number of alkyl halides is 2. The van der Waals surface area contributed by atoms with Crippen LogP contribution in [0.15, 0.2) is 24.3 Å². The Morgan fingerprint density at radius 3 is 2.53 bits per heavy atom. The zero-order chi connectivity index (χ0) is 11.1. The Morgan fingerprint density at radius 2 is 1.93 bits per heavy atom. The van der Waals surface area contributed by atoms with E-state index < -0.39 is 13.0 Å². The number of hydrogen-bond acceptors (Lipinski definition) is 2. The molecular formula is C11H15F2NO. The normalized spacial score (nSPS) is 10.9. The topological polar surface area (TPSA) is 21.3 Å². The molecule has 0 saturated heterocycles. The summed E-state index contributed by atoms with van der Waals surface area (Å²) >= 11 is 0. The lowest BCUT2D eigenvalue weighted by Gasteiger charge is -2.09. The van der Waals surface area contributed by atoms with Crippen LogP contribution in [0.3, 0.4) is 0 Å². The summed E-state index contributed by atoms with van der Waals surface area (Å²) in [5, 5.41) is 3.02. The van der Waals surface area contributed by atoms with Gasteiger partial charge in [0.2, 0.25) is 0 Å². The van der Waals surface area contributed by atoms with Gasteiger partial charge in [-0.1, -0.05) is 24.3 Å². The van der Waals surface area contributed by atoms with Crippen LogP contribution in [0.1, 0.15) is 11.1 Å². The van der Waals surface area contributed by atoms with Gasteiger partial charge in [0.05, 0.1) is 6.61 Å². The molecule has 84 valence electrons. The number of rotatable bonds is 6. The minimum Gasteiger partial charge on any atom is -0.371 e. The summed E-state index contributed by atoms with van der Waals surface area (Å²) in [6.45, 7) is 0.449. The summed E-state index contributed by atoms with van der Waals surface area (Å²) in [6.07, 6.45) is -2.40. The maximum atomic E-state index is 11.8. The van der Waals surface area contributed by atoms with E-state index in [9.17, 15) is 8.78 Å². The average molecular weight is 215 g/mol. The molecule has 0 atom stereocenters. The monoisotopic (exact) mass is 215 g/mol. The zero-order valence-corrected chi connectivity index (χ0v) is 8.67. The van der Waals surface area contributed by atoms with Crippen molar-refractivity contribution in [2.24, 2.45) is 0 Å². The smallest absolute Gasteiger partial charge is 0.261 e. The minimum absolute atomic E-state index is 0.238. The van der Waals surface area contributed by atoms with Gasteiger partial charge in [0.1, 0.15) is 6.61 Å². The number of hydrogen-bond donors (Lipinski definition) is 1. The number of halogens is 2. The van der Waals surface area contributed by atoms with Crippen LogP contribution in [-0.2, 0) is 17.9 Å². The van der Waals surface area contributed by atoms with Gasteiger partial charge in [-0.25, -0.2) is 8.78 Å². The van der Waals surface area contributed by atoms with Crippen LogP contribution < -0.4 is 5.32 Å². The van der Waals surface area contributed by atoms with Gasteiger partial charge in [-0.05, 0) is 18.2 Å². The molecule has 1 aromatic carbocycles. The maximum absolute atomic E-state index is 11.8. The van der Waals surface area contributed by atoms with E-state index in [2.05, 4.69) is 5.32 Å². The van der Waals surface area contributed by atoms with Gasteiger partial charge < -0.3 is 10.1 Å². The van der Waals surface area contributed by atoms with Crippen molar-refractivity contribution in [1.82, 2.24) is 5.32 Å². The Kier molecular flexibility index (Phi) is 5.21. The third kappa shape index (κ3) is 4.36. The molecule has 0 fully saturated rings. The van der Waals surface area contributed by atoms with Crippen LogP contribution in [0.4, 0.5) is 8.78 Å². The van der Waals surface area contributed by atoms with Crippen molar-refractivity contribution in [3.63, 3.8) is 0 Å². The van der Waals surface area contributed by atoms with E-state index in [0.717, 1.165) is 11.1 Å². The fourth-order valence-electron chi connectivity index (χ4n) is 1.32. The van der Waals surface area contributed by atoms with Crippen molar-refractivity contribution in [3.8, 4) is 0 Å². The predicted octanol–water partition coefficient (Wildman–Crippen LogP) is 2.19. The van der Waals surface area contributed by atoms with Gasteiger partial charge in [0.25, 0.3) is 6.43 Å². The van der Waals surface area contributed by atoms with Crippen molar-refractivity contribution >= 4 is 0 Å². The van der Waals surface area contributed by atoms with Crippen LogP contribution in [0.2, 0.25) is 0 Å². The van der Waals surface area contributed by atoms with Gasteiger partial charge in [-0.2, -0.15) is 0 Å². The van der Waals surface area contributed by atoms with Crippen LogP contribution in [0, 0.1) is 0 Å². The Morgan fingerprint density at radius 1 is 1.27 bits per heavy atom. The molecule has 1 N–H and O–H groups in total. The highest BCUT2D eigenvalue weighted by Gasteiger charge is 2.04. The van der Waals surface area contributed by atoms with E-state index in [1.807, 2.05) is 31.3 Å². The molecule has 0 amide bonds. The lowest BCUT2D eigenvalue weighted by molar-refractivity contribution is 0.00965. The Balaban J connectivity index is 2.51. The van der Waals surface area contributed by atoms with Crippen LogP contribution in [0.25, 0.3) is 0 Å². The van der Waals surface area contributed by atoms with E-state index in [1.165, 1.54) is 0 Å². The van der Waals surface area contributed by atoms with Gasteiger partial charge in [0, 0.05) is 6.54 Å². The second-order valence-corrected chi connectivity index (χ2v) is 3.21. The first-order chi connectivity index (χ1) is 7.24. The van der Waals surface area contributed by atoms with Gasteiger partial charge in [-0.3, -0.25) is 0 Å². The third-order valence-corrected chi connectivity index (χ3v) is 1.99. The standard InChI is InChI=1S/C11H15F2NO/c1-14-6-9-4-2-3-5-10(9)7-15-8-11(12)13/h2-5,11,14H,6-8H2,1H3. The SMILES string of the molecule is CNCc1ccccc1COCC(F)F. The molecular weight excluding hydrogens is 200 g/mol. The maximum Gasteiger partial charge on any atom is 0.261 e. The molecule has 0 bridgehead atoms. The van der Waals surface area contributed by atoms with Crippen molar-refractivity contribution < 1.29 is 13.5 Å². The molecule has 0 aliphatic carbocycles. The molecule has 2 nitrogen and oxygen atoms in total. The van der Waals surface area contributed by atoms with E-state index in [-0.39, 0.29) is 6.61 Å². The van der Waals surface area contributed by atoms with E-state index in [4.69, 9.17) is 4.74 Å². The Labute approximate surface area is 88.3 Å². The molecule has 0 aliphatic rings. The van der Waals surface area contributed by atoms with Crippen molar-refractivity contribution in [1.29, 1.82) is 0 Å². The summed E-state index contributed by atoms with van der Waals surface area (Å²) in [7, 11) is 1.84. The minimum atomic E-state index is -2.40. The summed E-state index contributed by atoms with van der Waals surface area (Å²) in [5.74, 6) is 0. The van der Waals surface area contributed by atoms with Crippen LogP contribution >= 0.6 is 0 Å². The highest BCUT2D eigenvalue weighted by molar-refractivity contribution is 5.26. The average Bonchev–Trinajstić information content (AvgIpc) is 2.20. The van der Waals surface area contributed by atoms with Gasteiger partial charge >= 0.3 is 0 Å². The second-order valence-electron chi connectivity index (χ2n) is 3.21. The fourth-order valence-corrected chi connectivity index (χ4v) is 1.32. The molecule has 0 saturated carbocycles. The first kappa shape index (κ1) is 12.1. The third-order valence-electron chi connectivity index (χ3n) is 1.99. The first-order valence-electron chi connectivity index (χ1n) is 4.81. The van der Waals surface area contributed by atoms with E-state index in [1.54, 1.807) is 0 Å². The molecule has 0 radical (unpaired) electrons. The molecule has 15 heavy (non-hydrogen) atoms. The number of benzene rings is 1. The largest absolute Gasteiger partial charge is 0.371 e. The lowest BCUT2D eigenvalue weighted by atomic mass is 10.1. The predicted molar refractivity (Wildman–Crippen MR) is 54.9 cm³/mol. The second kappa shape index (κ2) is 6.48. The molecule has 0 aliphatic heterocycles. The molecule has 1 rings (SSSR count). The van der Waals surface area contributed by atoms with Crippen molar-refractivity contribution in [2.75, 3.05) is 13.7 Å². The van der Waals surface area contributed by atoms with Gasteiger partial charge in [-0.15, -0.1) is 0 Å². The first-order valence-corrected chi connectivity index (χ1v) is 4.81. The zero-order valence-electron chi connectivity index (χ0n) is 8.67. The Hall–Kier alpha value is -1.00. The number of nitrogens with one attached hydrogen (secondary N) is 1. The molecule has 4 heteroatoms. The fraction of sp³-hybridized carbons (Fsp3) is 0.455. The molecule has 0 spiro atoms. The van der Waals surface area contributed by atoms with Crippen LogP contribution in [-0.4, -0.2) is 20.1 Å². The Bertz CT molecular complexity index is 292. The molecule has 1 aromatic rings. The van der Waals surface area contributed by atoms with Crippen molar-refractivity contribution in [3.05, 3.63) is 35.4 Å². The van der Waals surface area contributed by atoms with Crippen LogP contribution in [0.5, 0.6) is 0 Å². The van der Waals surface area contributed by atoms with E-state index >= 15 is 0 Å². The summed E-state index contributed by atoms with van der Waals surface area (Å²) in [5.41, 5.74) is 2.03. The highest BCUT2D eigenvalue weighted by Crippen LogP contribution is 2.10. The highest BCUT2D eigenvalue weighted by atomic mass is 19.3.